The Balaban J connectivity index is 1.54. The third-order valence-corrected chi connectivity index (χ3v) is 5.49. The molecule has 2 aromatic carbocycles. The predicted molar refractivity (Wildman–Crippen MR) is 120 cm³/mol. The number of rotatable bonds is 7. The molecule has 1 aromatic heterocycles. The Morgan fingerprint density at radius 3 is 2.78 bits per heavy atom. The molecule has 0 saturated carbocycles. The van der Waals surface area contributed by atoms with Gasteiger partial charge < -0.3 is 19.7 Å². The predicted octanol–water partition coefficient (Wildman–Crippen LogP) is 3.95. The number of carbonyl (C=O) groups excluding carboxylic acids is 1. The van der Waals surface area contributed by atoms with Crippen LogP contribution in [0.5, 0.6) is 11.5 Å². The normalized spacial score (nSPS) is 14.2. The Morgan fingerprint density at radius 1 is 1.25 bits per heavy atom. The summed E-state index contributed by atoms with van der Waals surface area (Å²) in [5.74, 6) is 1.46. The molecule has 166 valence electrons. The van der Waals surface area contributed by atoms with E-state index in [0.717, 1.165) is 23.8 Å². The minimum absolute atomic E-state index is 0.0384. The van der Waals surface area contributed by atoms with Gasteiger partial charge in [-0.05, 0) is 29.8 Å². The molecule has 32 heavy (non-hydrogen) atoms. The molecule has 3 aromatic rings. The van der Waals surface area contributed by atoms with Gasteiger partial charge in [-0.15, -0.1) is 0 Å². The van der Waals surface area contributed by atoms with Crippen molar-refractivity contribution in [2.24, 2.45) is 0 Å². The number of hydrogen-bond donors (Lipinski definition) is 1. The SMILES string of the molecule is C=CC(=O)N1CCC(Oc2cc3c(NCc4cccc(F)c4)ncnc3cc2OC)CC1. The molecule has 7 nitrogen and oxygen atoms in total. The lowest BCUT2D eigenvalue weighted by atomic mass is 10.1. The number of aromatic nitrogens is 2. The summed E-state index contributed by atoms with van der Waals surface area (Å²) in [4.78, 5) is 22.3. The summed E-state index contributed by atoms with van der Waals surface area (Å²) in [5.41, 5.74) is 1.51. The number of benzene rings is 2. The smallest absolute Gasteiger partial charge is 0.245 e. The Hall–Kier alpha value is -3.68. The summed E-state index contributed by atoms with van der Waals surface area (Å²) in [5, 5.41) is 4.03. The molecule has 0 radical (unpaired) electrons. The van der Waals surface area contributed by atoms with Crippen molar-refractivity contribution >= 4 is 22.6 Å². The highest BCUT2D eigenvalue weighted by Crippen LogP contribution is 2.35. The number of nitrogens with zero attached hydrogens (tertiary/aromatic N) is 3. The van der Waals surface area contributed by atoms with Crippen LogP contribution in [-0.4, -0.2) is 47.1 Å². The molecule has 2 heterocycles. The first-order valence-electron chi connectivity index (χ1n) is 10.5. The van der Waals surface area contributed by atoms with Crippen LogP contribution in [0.2, 0.25) is 0 Å². The quantitative estimate of drug-likeness (QED) is 0.566. The van der Waals surface area contributed by atoms with E-state index in [0.29, 0.717) is 42.5 Å². The monoisotopic (exact) mass is 436 g/mol. The van der Waals surface area contributed by atoms with Crippen LogP contribution in [0.15, 0.2) is 55.4 Å². The maximum atomic E-state index is 13.5. The second-order valence-electron chi connectivity index (χ2n) is 7.57. The lowest BCUT2D eigenvalue weighted by Crippen LogP contribution is -2.41. The second-order valence-corrected chi connectivity index (χ2v) is 7.57. The van der Waals surface area contributed by atoms with Crippen molar-refractivity contribution in [3.8, 4) is 11.5 Å². The molecule has 4 rings (SSSR count). The molecule has 1 saturated heterocycles. The zero-order valence-corrected chi connectivity index (χ0v) is 17.9. The van der Waals surface area contributed by atoms with Gasteiger partial charge in [0.25, 0.3) is 0 Å². The Morgan fingerprint density at radius 2 is 2.06 bits per heavy atom. The molecule has 1 N–H and O–H groups in total. The Kier molecular flexibility index (Phi) is 6.49. The van der Waals surface area contributed by atoms with Gasteiger partial charge in [0.05, 0.1) is 12.6 Å². The molecule has 0 unspecified atom stereocenters. The minimum Gasteiger partial charge on any atom is -0.493 e. The highest BCUT2D eigenvalue weighted by molar-refractivity contribution is 5.91. The van der Waals surface area contributed by atoms with Crippen LogP contribution in [0.25, 0.3) is 10.9 Å². The van der Waals surface area contributed by atoms with Gasteiger partial charge in [-0.25, -0.2) is 14.4 Å². The molecule has 0 atom stereocenters. The van der Waals surface area contributed by atoms with E-state index in [-0.39, 0.29) is 17.8 Å². The van der Waals surface area contributed by atoms with Gasteiger partial charge >= 0.3 is 0 Å². The van der Waals surface area contributed by atoms with Gasteiger partial charge in [0.15, 0.2) is 11.5 Å². The van der Waals surface area contributed by atoms with E-state index in [1.54, 1.807) is 18.1 Å². The number of halogens is 1. The lowest BCUT2D eigenvalue weighted by molar-refractivity contribution is -0.127. The number of anilines is 1. The lowest BCUT2D eigenvalue weighted by Gasteiger charge is -2.31. The number of piperidine rings is 1. The van der Waals surface area contributed by atoms with Gasteiger partial charge in [0.2, 0.25) is 5.91 Å². The Bertz CT molecular complexity index is 1130. The summed E-state index contributed by atoms with van der Waals surface area (Å²) in [7, 11) is 1.59. The number of fused-ring (bicyclic) bond motifs is 1. The molecule has 0 bridgehead atoms. The van der Waals surface area contributed by atoms with Crippen molar-refractivity contribution in [3.63, 3.8) is 0 Å². The number of carbonyl (C=O) groups is 1. The highest BCUT2D eigenvalue weighted by atomic mass is 19.1. The number of amides is 1. The molecule has 0 aliphatic carbocycles. The molecular formula is C24H25FN4O3. The van der Waals surface area contributed by atoms with E-state index in [1.807, 2.05) is 18.2 Å². The third-order valence-electron chi connectivity index (χ3n) is 5.49. The van der Waals surface area contributed by atoms with E-state index < -0.39 is 0 Å². The van der Waals surface area contributed by atoms with Crippen LogP contribution in [0.4, 0.5) is 10.2 Å². The van der Waals surface area contributed by atoms with Crippen LogP contribution < -0.4 is 14.8 Å². The molecule has 1 aliphatic heterocycles. The molecule has 1 aliphatic rings. The minimum atomic E-state index is -0.280. The summed E-state index contributed by atoms with van der Waals surface area (Å²) in [6, 6.07) is 10.1. The molecular weight excluding hydrogens is 411 g/mol. The van der Waals surface area contributed by atoms with Crippen molar-refractivity contribution in [3.05, 3.63) is 66.8 Å². The number of ether oxygens (including phenoxy) is 2. The first-order valence-corrected chi connectivity index (χ1v) is 10.5. The van der Waals surface area contributed by atoms with E-state index in [4.69, 9.17) is 9.47 Å². The zero-order valence-electron chi connectivity index (χ0n) is 17.9. The van der Waals surface area contributed by atoms with E-state index in [1.165, 1.54) is 24.5 Å². The second kappa shape index (κ2) is 9.64. The number of nitrogens with one attached hydrogen (secondary N) is 1. The van der Waals surface area contributed by atoms with Crippen LogP contribution in [0.1, 0.15) is 18.4 Å². The van der Waals surface area contributed by atoms with Crippen molar-refractivity contribution in [2.45, 2.75) is 25.5 Å². The standard InChI is InChI=1S/C24H25FN4O3/c1-3-23(30)29-9-7-18(8-10-29)32-22-12-19-20(13-21(22)31-2)27-15-28-24(19)26-14-16-5-4-6-17(25)11-16/h3-6,11-13,15,18H,1,7-10,14H2,2H3,(H,26,27,28). The van der Waals surface area contributed by atoms with E-state index in [2.05, 4.69) is 21.9 Å². The largest absolute Gasteiger partial charge is 0.493 e. The van der Waals surface area contributed by atoms with Crippen molar-refractivity contribution in [2.75, 3.05) is 25.5 Å². The molecule has 0 spiro atoms. The maximum absolute atomic E-state index is 13.5. The number of likely N-dealkylation sites (tertiary alicyclic amines) is 1. The fourth-order valence-corrected chi connectivity index (χ4v) is 3.79. The fraction of sp³-hybridized carbons (Fsp3) is 0.292. The topological polar surface area (TPSA) is 76.6 Å². The maximum Gasteiger partial charge on any atom is 0.245 e. The van der Waals surface area contributed by atoms with Gasteiger partial charge in [-0.2, -0.15) is 0 Å². The van der Waals surface area contributed by atoms with Gasteiger partial charge in [0, 0.05) is 43.9 Å². The van der Waals surface area contributed by atoms with E-state index in [9.17, 15) is 9.18 Å². The summed E-state index contributed by atoms with van der Waals surface area (Å²) < 4.78 is 25.3. The average molecular weight is 436 g/mol. The molecule has 8 heteroatoms. The highest BCUT2D eigenvalue weighted by Gasteiger charge is 2.24. The van der Waals surface area contributed by atoms with Gasteiger partial charge in [-0.1, -0.05) is 18.7 Å². The molecule has 1 amide bonds. The third kappa shape index (κ3) is 4.80. The molecule has 1 fully saturated rings. The summed E-state index contributed by atoms with van der Waals surface area (Å²) in [6.07, 6.45) is 4.21. The van der Waals surface area contributed by atoms with Crippen molar-refractivity contribution in [1.82, 2.24) is 14.9 Å². The number of methoxy groups -OCH3 is 1. The van der Waals surface area contributed by atoms with Crippen LogP contribution in [0, 0.1) is 5.82 Å². The van der Waals surface area contributed by atoms with Crippen molar-refractivity contribution < 1.29 is 18.7 Å². The van der Waals surface area contributed by atoms with E-state index >= 15 is 0 Å². The summed E-state index contributed by atoms with van der Waals surface area (Å²) in [6.45, 7) is 5.20. The first kappa shape index (κ1) is 21.5. The van der Waals surface area contributed by atoms with Crippen molar-refractivity contribution in [1.29, 1.82) is 0 Å². The van der Waals surface area contributed by atoms with Gasteiger partial charge in [0.1, 0.15) is 24.1 Å². The zero-order chi connectivity index (χ0) is 22.5. The Labute approximate surface area is 185 Å². The first-order chi connectivity index (χ1) is 15.6. The summed E-state index contributed by atoms with van der Waals surface area (Å²) >= 11 is 0. The van der Waals surface area contributed by atoms with Crippen LogP contribution in [0.3, 0.4) is 0 Å². The fourth-order valence-electron chi connectivity index (χ4n) is 3.79. The van der Waals surface area contributed by atoms with Crippen LogP contribution in [-0.2, 0) is 11.3 Å². The van der Waals surface area contributed by atoms with Crippen LogP contribution >= 0.6 is 0 Å². The van der Waals surface area contributed by atoms with Gasteiger partial charge in [-0.3, -0.25) is 4.79 Å². The number of hydrogen-bond acceptors (Lipinski definition) is 6. The average Bonchev–Trinajstić information content (AvgIpc) is 2.82.